The number of hydrogen-bond donors (Lipinski definition) is 2. The van der Waals surface area contributed by atoms with E-state index in [4.69, 9.17) is 0 Å². The third kappa shape index (κ3) is 3.94. The maximum absolute atomic E-state index is 14.9. The topological polar surface area (TPSA) is 96.2 Å². The highest BCUT2D eigenvalue weighted by Gasteiger charge is 2.49. The van der Waals surface area contributed by atoms with Crippen LogP contribution in [0.15, 0.2) is 41.5 Å². The Bertz CT molecular complexity index is 1290. The Balaban J connectivity index is 1.40. The predicted octanol–water partition coefficient (Wildman–Crippen LogP) is 3.25. The molecule has 5 rings (SSSR count). The third-order valence-corrected chi connectivity index (χ3v) is 7.38. The molecule has 2 bridgehead atoms. The molecule has 0 aliphatic carbocycles. The van der Waals surface area contributed by atoms with Gasteiger partial charge >= 0.3 is 0 Å². The van der Waals surface area contributed by atoms with Crippen molar-refractivity contribution in [2.24, 2.45) is 7.05 Å². The maximum Gasteiger partial charge on any atom is 0.253 e. The zero-order chi connectivity index (χ0) is 24.3. The van der Waals surface area contributed by atoms with Gasteiger partial charge in [0.2, 0.25) is 0 Å². The summed E-state index contributed by atoms with van der Waals surface area (Å²) in [5.74, 6) is -0.0311. The highest BCUT2D eigenvalue weighted by molar-refractivity contribution is 5.73. The molecule has 0 unspecified atom stereocenters. The average molecular weight is 465 g/mol. The molecule has 2 N–H and O–H groups in total. The van der Waals surface area contributed by atoms with E-state index in [-0.39, 0.29) is 39.2 Å². The summed E-state index contributed by atoms with van der Waals surface area (Å²) in [6.45, 7) is 4.58. The third-order valence-electron chi connectivity index (χ3n) is 7.38. The molecule has 4 heterocycles. The number of anilines is 1. The molecule has 2 fully saturated rings. The molecule has 1 aromatic carbocycles. The molecule has 8 nitrogen and oxygen atoms in total. The minimum Gasteiger partial charge on any atom is -0.507 e. The highest BCUT2D eigenvalue weighted by atomic mass is 19.1. The van der Waals surface area contributed by atoms with E-state index in [9.17, 15) is 14.3 Å². The van der Waals surface area contributed by atoms with E-state index in [1.807, 2.05) is 13.1 Å². The lowest BCUT2D eigenvalue weighted by Crippen LogP contribution is -2.58. The second kappa shape index (κ2) is 7.87. The van der Waals surface area contributed by atoms with E-state index in [1.54, 1.807) is 13.1 Å². The van der Waals surface area contributed by atoms with Crippen molar-refractivity contribution < 1.29 is 9.50 Å². The van der Waals surface area contributed by atoms with Crippen molar-refractivity contribution in [3.8, 4) is 28.3 Å². The zero-order valence-corrected chi connectivity index (χ0v) is 19.8. The van der Waals surface area contributed by atoms with Crippen molar-refractivity contribution in [3.63, 3.8) is 0 Å². The molecular weight excluding hydrogens is 435 g/mol. The molecular formula is C25H29FN6O2. The summed E-state index contributed by atoms with van der Waals surface area (Å²) in [5, 5.41) is 23.1. The molecule has 34 heavy (non-hydrogen) atoms. The number of hydrogen-bond acceptors (Lipinski definition) is 7. The fraction of sp³-hybridized carbons (Fsp3) is 0.440. The molecule has 2 aliphatic heterocycles. The number of nitrogens with one attached hydrogen (secondary N) is 1. The average Bonchev–Trinajstić information content (AvgIpc) is 3.03. The fourth-order valence-electron chi connectivity index (χ4n) is 5.51. The van der Waals surface area contributed by atoms with Gasteiger partial charge in [0.1, 0.15) is 11.6 Å². The van der Waals surface area contributed by atoms with E-state index in [1.165, 1.54) is 41.9 Å². The van der Waals surface area contributed by atoms with Gasteiger partial charge in [0.15, 0.2) is 5.82 Å². The van der Waals surface area contributed by atoms with Gasteiger partial charge in [-0.15, -0.1) is 10.2 Å². The monoisotopic (exact) mass is 464 g/mol. The normalized spacial score (nSPS) is 26.0. The van der Waals surface area contributed by atoms with Gasteiger partial charge in [0.25, 0.3) is 5.56 Å². The van der Waals surface area contributed by atoms with Crippen molar-refractivity contribution in [1.29, 1.82) is 0 Å². The first-order valence-electron chi connectivity index (χ1n) is 11.5. The Kier molecular flexibility index (Phi) is 5.20. The predicted molar refractivity (Wildman–Crippen MR) is 128 cm³/mol. The Morgan fingerprint density at radius 3 is 2.41 bits per heavy atom. The summed E-state index contributed by atoms with van der Waals surface area (Å²) in [5.41, 5.74) is 0.760. The van der Waals surface area contributed by atoms with Gasteiger partial charge < -0.3 is 19.9 Å². The molecule has 178 valence electrons. The van der Waals surface area contributed by atoms with Crippen LogP contribution in [0.5, 0.6) is 5.75 Å². The number of aromatic hydroxyl groups is 1. The van der Waals surface area contributed by atoms with E-state index in [0.29, 0.717) is 11.7 Å². The molecule has 0 amide bonds. The van der Waals surface area contributed by atoms with Crippen LogP contribution in [0.3, 0.4) is 0 Å². The van der Waals surface area contributed by atoms with Gasteiger partial charge in [-0.05, 0) is 63.8 Å². The van der Waals surface area contributed by atoms with Crippen molar-refractivity contribution in [1.82, 2.24) is 25.1 Å². The second-order valence-electron chi connectivity index (χ2n) is 10.3. The molecule has 2 aliphatic rings. The fourth-order valence-corrected chi connectivity index (χ4v) is 5.51. The molecule has 3 aromatic rings. The van der Waals surface area contributed by atoms with Gasteiger partial charge in [-0.25, -0.2) is 9.37 Å². The van der Waals surface area contributed by atoms with Gasteiger partial charge in [-0.3, -0.25) is 4.79 Å². The van der Waals surface area contributed by atoms with Crippen LogP contribution in [-0.2, 0) is 7.05 Å². The van der Waals surface area contributed by atoms with Crippen molar-refractivity contribution in [2.45, 2.75) is 56.7 Å². The number of aromatic nitrogens is 4. The van der Waals surface area contributed by atoms with Gasteiger partial charge in [0.05, 0.1) is 17.7 Å². The van der Waals surface area contributed by atoms with Crippen molar-refractivity contribution in [3.05, 3.63) is 52.8 Å². The van der Waals surface area contributed by atoms with E-state index >= 15 is 0 Å². The summed E-state index contributed by atoms with van der Waals surface area (Å²) in [4.78, 5) is 18.1. The van der Waals surface area contributed by atoms with Crippen molar-refractivity contribution >= 4 is 5.82 Å². The quantitative estimate of drug-likeness (QED) is 0.612. The largest absolute Gasteiger partial charge is 0.507 e. The van der Waals surface area contributed by atoms with Crippen molar-refractivity contribution in [2.75, 3.05) is 11.9 Å². The first kappa shape index (κ1) is 22.5. The number of benzene rings is 1. The number of phenols is 1. The summed E-state index contributed by atoms with van der Waals surface area (Å²) >= 11 is 0. The molecule has 3 atom stereocenters. The van der Waals surface area contributed by atoms with Crippen LogP contribution in [-0.4, -0.2) is 49.0 Å². The molecule has 0 saturated carbocycles. The van der Waals surface area contributed by atoms with E-state index in [2.05, 4.69) is 39.2 Å². The Hall–Kier alpha value is -3.33. The lowest BCUT2D eigenvalue weighted by atomic mass is 9.84. The van der Waals surface area contributed by atoms with Crippen LogP contribution in [0.4, 0.5) is 10.2 Å². The number of halogens is 1. The first-order valence-corrected chi connectivity index (χ1v) is 11.5. The molecule has 2 aromatic heterocycles. The highest BCUT2D eigenvalue weighted by Crippen LogP contribution is 2.44. The van der Waals surface area contributed by atoms with Gasteiger partial charge in [-0.1, -0.05) is 0 Å². The number of rotatable bonds is 4. The minimum atomic E-state index is -0.608. The van der Waals surface area contributed by atoms with Crippen LogP contribution < -0.4 is 15.8 Å². The summed E-state index contributed by atoms with van der Waals surface area (Å²) in [6, 6.07) is 7.63. The lowest BCUT2D eigenvalue weighted by molar-refractivity contribution is 0.207. The maximum atomic E-state index is 14.9. The standard InChI is InChI=1S/C25H29FN6O2/c1-24-7-8-25(2,30-24)13-15(12-24)32(4)22-6-5-19(28-29-22)17-9-18(26)16(10-21(17)33)20-11-23(34)31(3)14-27-20/h5-6,9-11,14-15,30,33H,7-8,12-13H2,1-4H3/t15-,24-,25+. The lowest BCUT2D eigenvalue weighted by Gasteiger charge is -2.45. The van der Waals surface area contributed by atoms with Crippen LogP contribution in [0.25, 0.3) is 22.5 Å². The zero-order valence-electron chi connectivity index (χ0n) is 19.8. The number of piperidine rings is 1. The number of phenolic OH excluding ortho intramolecular Hbond substituents is 1. The Morgan fingerprint density at radius 2 is 1.79 bits per heavy atom. The van der Waals surface area contributed by atoms with E-state index in [0.717, 1.165) is 18.7 Å². The smallest absolute Gasteiger partial charge is 0.253 e. The SMILES string of the molecule is CN(c1ccc(-c2cc(F)c(-c3cc(=O)n(C)cn3)cc2O)nn1)[C@H]1C[C@]2(C)CC[C@](C)(C1)N2. The minimum absolute atomic E-state index is 0.0470. The van der Waals surface area contributed by atoms with Gasteiger partial charge in [-0.2, -0.15) is 0 Å². The Labute approximate surface area is 197 Å². The van der Waals surface area contributed by atoms with Gasteiger partial charge in [0, 0.05) is 48.4 Å². The Morgan fingerprint density at radius 1 is 1.09 bits per heavy atom. The van der Waals surface area contributed by atoms with E-state index < -0.39 is 5.82 Å². The summed E-state index contributed by atoms with van der Waals surface area (Å²) in [6.07, 6.45) is 5.73. The number of fused-ring (bicyclic) bond motifs is 2. The van der Waals surface area contributed by atoms with Crippen LogP contribution in [0, 0.1) is 5.82 Å². The molecule has 0 radical (unpaired) electrons. The first-order chi connectivity index (χ1) is 16.1. The second-order valence-corrected chi connectivity index (χ2v) is 10.3. The number of aryl methyl sites for hydroxylation is 1. The summed E-state index contributed by atoms with van der Waals surface area (Å²) < 4.78 is 16.2. The molecule has 2 saturated heterocycles. The number of nitrogens with zero attached hydrogens (tertiary/aromatic N) is 5. The van der Waals surface area contributed by atoms with Crippen LogP contribution >= 0.6 is 0 Å². The molecule has 0 spiro atoms. The van der Waals surface area contributed by atoms with Crippen LogP contribution in [0.2, 0.25) is 0 Å². The molecule has 9 heteroatoms. The summed E-state index contributed by atoms with van der Waals surface area (Å²) in [7, 11) is 3.60. The van der Waals surface area contributed by atoms with Crippen LogP contribution in [0.1, 0.15) is 39.5 Å².